The van der Waals surface area contributed by atoms with Crippen molar-refractivity contribution in [2.24, 2.45) is 16.7 Å². The minimum absolute atomic E-state index is 0.189. The van der Waals surface area contributed by atoms with E-state index < -0.39 is 51.0 Å². The van der Waals surface area contributed by atoms with Crippen molar-refractivity contribution < 1.29 is 41.9 Å². The van der Waals surface area contributed by atoms with Crippen LogP contribution in [0, 0.1) is 16.7 Å². The van der Waals surface area contributed by atoms with Crippen molar-refractivity contribution in [2.75, 3.05) is 20.4 Å². The number of phosphoric acid groups is 1. The van der Waals surface area contributed by atoms with Crippen LogP contribution in [0.15, 0.2) is 18.2 Å². The van der Waals surface area contributed by atoms with Crippen LogP contribution < -0.4 is 4.74 Å². The van der Waals surface area contributed by atoms with Crippen LogP contribution in [0.2, 0.25) is 0 Å². The molecule has 37 heavy (non-hydrogen) atoms. The van der Waals surface area contributed by atoms with E-state index in [-0.39, 0.29) is 5.92 Å². The van der Waals surface area contributed by atoms with Crippen molar-refractivity contribution >= 4 is 19.8 Å². The van der Waals surface area contributed by atoms with Crippen LogP contribution in [0.1, 0.15) is 98.1 Å². The number of hydrogen-bond acceptors (Lipinski definition) is 9. The molecule has 1 saturated carbocycles. The van der Waals surface area contributed by atoms with Crippen LogP contribution in [0.4, 0.5) is 0 Å². The molecule has 0 spiro atoms. The topological polar surface area (TPSA) is 107 Å². The lowest BCUT2D eigenvalue weighted by Crippen LogP contribution is -2.25. The lowest BCUT2D eigenvalue weighted by molar-refractivity contribution is -0.163. The van der Waals surface area contributed by atoms with E-state index in [1.807, 2.05) is 18.2 Å². The van der Waals surface area contributed by atoms with Crippen LogP contribution >= 0.6 is 7.82 Å². The first-order valence-electron chi connectivity index (χ1n) is 12.7. The summed E-state index contributed by atoms with van der Waals surface area (Å²) in [6, 6.07) is 6.05. The third-order valence-corrected chi connectivity index (χ3v) is 7.22. The zero-order valence-corrected chi connectivity index (χ0v) is 24.5. The summed E-state index contributed by atoms with van der Waals surface area (Å²) in [6.45, 7) is 14.6. The lowest BCUT2D eigenvalue weighted by atomic mass is 9.90. The van der Waals surface area contributed by atoms with Gasteiger partial charge in [-0.25, -0.2) is 18.1 Å². The predicted molar refractivity (Wildman–Crippen MR) is 139 cm³/mol. The summed E-state index contributed by atoms with van der Waals surface area (Å²) in [4.78, 5) is 24.1. The fourth-order valence-electron chi connectivity index (χ4n) is 3.39. The van der Waals surface area contributed by atoms with Gasteiger partial charge in [-0.05, 0) is 83.3 Å². The molecule has 1 fully saturated rings. The number of rotatable bonds is 13. The Balaban J connectivity index is 2.12. The van der Waals surface area contributed by atoms with Gasteiger partial charge in [-0.3, -0.25) is 9.59 Å². The number of esters is 2. The van der Waals surface area contributed by atoms with Gasteiger partial charge < -0.3 is 14.2 Å². The fourth-order valence-corrected chi connectivity index (χ4v) is 4.16. The van der Waals surface area contributed by atoms with E-state index >= 15 is 0 Å². The van der Waals surface area contributed by atoms with Gasteiger partial charge >= 0.3 is 19.8 Å². The summed E-state index contributed by atoms with van der Waals surface area (Å²) >= 11 is 0. The zero-order chi connectivity index (χ0) is 28.0. The fraction of sp³-hybridized carbons (Fsp3) is 0.704. The van der Waals surface area contributed by atoms with Gasteiger partial charge in [0, 0.05) is 0 Å². The first-order chi connectivity index (χ1) is 17.0. The van der Waals surface area contributed by atoms with Crippen LogP contribution in [0.25, 0.3) is 0 Å². The van der Waals surface area contributed by atoms with Gasteiger partial charge in [0.1, 0.15) is 5.75 Å². The minimum Gasteiger partial charge on any atom is -0.466 e. The zero-order valence-electron chi connectivity index (χ0n) is 23.6. The van der Waals surface area contributed by atoms with E-state index in [0.717, 1.165) is 11.1 Å². The highest BCUT2D eigenvalue weighted by Gasteiger charge is 2.34. The van der Waals surface area contributed by atoms with Crippen molar-refractivity contribution in [1.82, 2.24) is 0 Å². The number of hydrogen-bond donors (Lipinski definition) is 0. The molecule has 9 nitrogen and oxygen atoms in total. The number of benzene rings is 1. The molecular weight excluding hydrogens is 499 g/mol. The Morgan fingerprint density at radius 2 is 1.30 bits per heavy atom. The third-order valence-electron chi connectivity index (χ3n) is 5.96. The van der Waals surface area contributed by atoms with Crippen LogP contribution in [-0.4, -0.2) is 32.3 Å². The maximum atomic E-state index is 13.3. The monoisotopic (exact) mass is 542 g/mol. The van der Waals surface area contributed by atoms with Crippen molar-refractivity contribution in [2.45, 2.75) is 87.0 Å². The van der Waals surface area contributed by atoms with E-state index in [2.05, 4.69) is 20.8 Å². The largest absolute Gasteiger partial charge is 0.483 e. The minimum atomic E-state index is -4.34. The Morgan fingerprint density at radius 1 is 0.838 bits per heavy atom. The molecule has 1 aromatic carbocycles. The summed E-state index contributed by atoms with van der Waals surface area (Å²) in [5, 5.41) is 0. The van der Waals surface area contributed by atoms with Gasteiger partial charge in [0.15, 0.2) is 6.79 Å². The predicted octanol–water partition coefficient (Wildman–Crippen LogP) is 6.91. The molecule has 0 bridgehead atoms. The smallest absolute Gasteiger partial charge is 0.466 e. The van der Waals surface area contributed by atoms with Crippen LogP contribution in [-0.2, 0) is 37.2 Å². The second-order valence-corrected chi connectivity index (χ2v) is 13.4. The van der Waals surface area contributed by atoms with Crippen LogP contribution in [0.5, 0.6) is 5.75 Å². The average molecular weight is 543 g/mol. The van der Waals surface area contributed by atoms with Gasteiger partial charge in [0.2, 0.25) is 13.6 Å². The summed E-state index contributed by atoms with van der Waals surface area (Å²) in [6.07, 6.45) is 2.36. The molecule has 210 valence electrons. The highest BCUT2D eigenvalue weighted by molar-refractivity contribution is 7.48. The molecule has 0 N–H and O–H groups in total. The summed E-state index contributed by atoms with van der Waals surface area (Å²) in [7, 11) is -4.34. The molecule has 0 radical (unpaired) electrons. The molecule has 0 amide bonds. The summed E-state index contributed by atoms with van der Waals surface area (Å²) in [5.41, 5.74) is 0.501. The first-order valence-corrected chi connectivity index (χ1v) is 14.1. The normalized spacial score (nSPS) is 15.4. The van der Waals surface area contributed by atoms with Gasteiger partial charge in [-0.15, -0.1) is 0 Å². The molecule has 1 aliphatic carbocycles. The van der Waals surface area contributed by atoms with Gasteiger partial charge in [0.25, 0.3) is 0 Å². The molecule has 1 unspecified atom stereocenters. The van der Waals surface area contributed by atoms with E-state index in [1.54, 1.807) is 41.5 Å². The molecule has 1 aromatic rings. The molecule has 10 heteroatoms. The van der Waals surface area contributed by atoms with E-state index in [4.69, 9.17) is 27.8 Å². The van der Waals surface area contributed by atoms with Crippen molar-refractivity contribution in [3.63, 3.8) is 0 Å². The van der Waals surface area contributed by atoms with Crippen molar-refractivity contribution in [1.29, 1.82) is 0 Å². The Bertz CT molecular complexity index is 935. The average Bonchev–Trinajstić information content (AvgIpc) is 3.62. The number of para-hydroxylation sites is 1. The maximum Gasteiger partial charge on any atom is 0.483 e. The molecule has 1 atom stereocenters. The van der Waals surface area contributed by atoms with Gasteiger partial charge in [-0.1, -0.05) is 39.0 Å². The van der Waals surface area contributed by atoms with Gasteiger partial charge in [0.05, 0.1) is 10.8 Å². The molecule has 1 aliphatic rings. The Kier molecular flexibility index (Phi) is 10.8. The Morgan fingerprint density at radius 3 is 1.73 bits per heavy atom. The van der Waals surface area contributed by atoms with Gasteiger partial charge in [-0.2, -0.15) is 0 Å². The quantitative estimate of drug-likeness (QED) is 0.149. The molecule has 0 aromatic heterocycles. The SMILES string of the molecule is CC(C)c1cccc(C(C)C2CC2)c1OCOP(=O)(OCOC(=O)C(C)(C)C)OCOC(=O)C(C)(C)C. The van der Waals surface area contributed by atoms with E-state index in [0.29, 0.717) is 17.6 Å². The number of ether oxygens (including phenoxy) is 3. The molecule has 0 heterocycles. The first kappa shape index (κ1) is 31.3. The van der Waals surface area contributed by atoms with Crippen molar-refractivity contribution in [3.05, 3.63) is 29.3 Å². The highest BCUT2D eigenvalue weighted by atomic mass is 31.2. The molecule has 0 aliphatic heterocycles. The third kappa shape index (κ3) is 9.71. The van der Waals surface area contributed by atoms with Crippen molar-refractivity contribution in [3.8, 4) is 5.75 Å². The number of phosphoric ester groups is 1. The number of carbonyl (C=O) groups excluding carboxylic acids is 2. The second-order valence-electron chi connectivity index (χ2n) is 11.7. The molecule has 0 saturated heterocycles. The highest BCUT2D eigenvalue weighted by Crippen LogP contribution is 2.50. The molecular formula is C27H43O9P. The van der Waals surface area contributed by atoms with E-state index in [1.165, 1.54) is 12.8 Å². The Labute approximate surface area is 221 Å². The number of carbonyl (C=O) groups is 2. The molecule has 2 rings (SSSR count). The second kappa shape index (κ2) is 12.7. The maximum absolute atomic E-state index is 13.3. The Hall–Kier alpha value is -1.93. The standard InChI is InChI=1S/C27H43O9P/c1-18(2)21-11-10-12-22(19(3)20-13-14-20)23(21)31-15-34-37(30,35-16-32-24(28)26(4,5)6)36-17-33-25(29)27(7,8)9/h10-12,18-20H,13-17H2,1-9H3. The van der Waals surface area contributed by atoms with Crippen LogP contribution in [0.3, 0.4) is 0 Å². The van der Waals surface area contributed by atoms with E-state index in [9.17, 15) is 14.2 Å². The summed E-state index contributed by atoms with van der Waals surface area (Å²) in [5.74, 6) is 0.675. The summed E-state index contributed by atoms with van der Waals surface area (Å²) < 4.78 is 45.2. The lowest BCUT2D eigenvalue weighted by Gasteiger charge is -2.23.